The molecule has 23 heavy (non-hydrogen) atoms. The van der Waals surface area contributed by atoms with Gasteiger partial charge in [0.2, 0.25) is 0 Å². The van der Waals surface area contributed by atoms with Gasteiger partial charge in [-0.1, -0.05) is 6.08 Å². The van der Waals surface area contributed by atoms with E-state index in [1.807, 2.05) is 6.08 Å². The highest BCUT2D eigenvalue weighted by molar-refractivity contribution is 5.26. The van der Waals surface area contributed by atoms with Crippen LogP contribution in [0.5, 0.6) is 0 Å². The van der Waals surface area contributed by atoms with Gasteiger partial charge in [0.25, 0.3) is 0 Å². The fourth-order valence-corrected chi connectivity index (χ4v) is 3.08. The Balaban J connectivity index is 1.57. The highest BCUT2D eigenvalue weighted by atomic mass is 19.1. The van der Waals surface area contributed by atoms with E-state index in [0.29, 0.717) is 31.3 Å². The van der Waals surface area contributed by atoms with Crippen LogP contribution in [0.1, 0.15) is 30.3 Å². The van der Waals surface area contributed by atoms with Gasteiger partial charge in [0, 0.05) is 23.0 Å². The second kappa shape index (κ2) is 7.07. The molecule has 0 bridgehead atoms. The van der Waals surface area contributed by atoms with Gasteiger partial charge < -0.3 is 14.2 Å². The molecule has 2 unspecified atom stereocenters. The normalized spacial score (nSPS) is 31.8. The summed E-state index contributed by atoms with van der Waals surface area (Å²) in [5.74, 6) is -0.596. The molecular weight excluding hydrogens is 302 g/mol. The Kier molecular flexibility index (Phi) is 5.09. The van der Waals surface area contributed by atoms with E-state index in [1.165, 1.54) is 19.1 Å². The summed E-state index contributed by atoms with van der Waals surface area (Å²) in [6.45, 7) is 6.81. The highest BCUT2D eigenvalue weighted by Crippen LogP contribution is 2.32. The van der Waals surface area contributed by atoms with Crippen molar-refractivity contribution in [1.29, 1.82) is 0 Å². The van der Waals surface area contributed by atoms with E-state index >= 15 is 0 Å². The number of ether oxygens (including phenoxy) is 3. The lowest BCUT2D eigenvalue weighted by atomic mass is 9.91. The fraction of sp³-hybridized carbons (Fsp3) is 0.556. The second-order valence-electron chi connectivity index (χ2n) is 6.31. The van der Waals surface area contributed by atoms with Crippen LogP contribution in [0.15, 0.2) is 24.8 Å². The molecule has 0 aliphatic carbocycles. The molecule has 3 nitrogen and oxygen atoms in total. The van der Waals surface area contributed by atoms with Crippen LogP contribution in [0.4, 0.5) is 8.78 Å². The van der Waals surface area contributed by atoms with Crippen molar-refractivity contribution in [1.82, 2.24) is 0 Å². The lowest BCUT2D eigenvalue weighted by molar-refractivity contribution is -0.227. The summed E-state index contributed by atoms with van der Waals surface area (Å²) in [6.07, 6.45) is 3.33. The average Bonchev–Trinajstić information content (AvgIpc) is 2.59. The predicted molar refractivity (Wildman–Crippen MR) is 81.9 cm³/mol. The monoisotopic (exact) mass is 324 g/mol. The summed E-state index contributed by atoms with van der Waals surface area (Å²) >= 11 is 0. The first kappa shape index (κ1) is 16.6. The lowest BCUT2D eigenvalue weighted by Crippen LogP contribution is -2.39. The van der Waals surface area contributed by atoms with Crippen LogP contribution < -0.4 is 0 Å². The highest BCUT2D eigenvalue weighted by Gasteiger charge is 2.33. The zero-order valence-electron chi connectivity index (χ0n) is 13.3. The Hall–Kier alpha value is -1.30. The van der Waals surface area contributed by atoms with E-state index in [-0.39, 0.29) is 17.6 Å². The van der Waals surface area contributed by atoms with Crippen molar-refractivity contribution >= 4 is 0 Å². The van der Waals surface area contributed by atoms with Crippen molar-refractivity contribution in [3.63, 3.8) is 0 Å². The Morgan fingerprint density at radius 1 is 1.04 bits per heavy atom. The van der Waals surface area contributed by atoms with Gasteiger partial charge in [-0.25, -0.2) is 8.78 Å². The summed E-state index contributed by atoms with van der Waals surface area (Å²) in [5, 5.41) is 0. The van der Waals surface area contributed by atoms with Crippen molar-refractivity contribution in [2.45, 2.75) is 32.2 Å². The first-order valence-electron chi connectivity index (χ1n) is 8.01. The molecule has 0 aromatic heterocycles. The maximum atomic E-state index is 13.7. The molecule has 1 aromatic carbocycles. The van der Waals surface area contributed by atoms with Crippen molar-refractivity contribution in [3.8, 4) is 0 Å². The van der Waals surface area contributed by atoms with E-state index in [9.17, 15) is 8.78 Å². The molecule has 2 atom stereocenters. The van der Waals surface area contributed by atoms with Crippen LogP contribution in [-0.2, 0) is 14.2 Å². The quantitative estimate of drug-likeness (QED) is 0.789. The van der Waals surface area contributed by atoms with Crippen LogP contribution in [-0.4, -0.2) is 25.9 Å². The number of benzene rings is 1. The standard InChI is InChI=1S/C18H22F2O3/c1-3-12-4-5-17(21-8-12)14-9-22-18(23-10-14)13-6-15(19)11(2)16(20)7-13/h3,6-7,12,14,17-18H,1,4-5,8-10H2,2H3. The second-order valence-corrected chi connectivity index (χ2v) is 6.31. The van der Waals surface area contributed by atoms with E-state index < -0.39 is 17.9 Å². The third kappa shape index (κ3) is 3.62. The molecule has 5 heteroatoms. The van der Waals surface area contributed by atoms with Gasteiger partial charge in [-0.15, -0.1) is 6.58 Å². The van der Waals surface area contributed by atoms with Gasteiger partial charge in [-0.05, 0) is 31.9 Å². The van der Waals surface area contributed by atoms with Crippen LogP contribution in [0, 0.1) is 30.4 Å². The van der Waals surface area contributed by atoms with E-state index in [4.69, 9.17) is 14.2 Å². The zero-order valence-corrected chi connectivity index (χ0v) is 13.3. The molecule has 126 valence electrons. The summed E-state index contributed by atoms with van der Waals surface area (Å²) < 4.78 is 44.5. The first-order chi connectivity index (χ1) is 11.1. The summed E-state index contributed by atoms with van der Waals surface area (Å²) in [4.78, 5) is 0. The Morgan fingerprint density at radius 2 is 1.70 bits per heavy atom. The summed E-state index contributed by atoms with van der Waals surface area (Å²) in [6, 6.07) is 2.55. The molecule has 2 saturated heterocycles. The Bertz CT molecular complexity index is 536. The van der Waals surface area contributed by atoms with Crippen LogP contribution in [0.3, 0.4) is 0 Å². The lowest BCUT2D eigenvalue weighted by Gasteiger charge is -2.37. The summed E-state index contributed by atoms with van der Waals surface area (Å²) in [7, 11) is 0. The topological polar surface area (TPSA) is 27.7 Å². The SMILES string of the molecule is C=CC1CCC(C2COC(c3cc(F)c(C)c(F)c3)OC2)OC1. The Morgan fingerprint density at radius 3 is 2.22 bits per heavy atom. The minimum atomic E-state index is -0.722. The van der Waals surface area contributed by atoms with Crippen LogP contribution in [0.2, 0.25) is 0 Å². The molecule has 0 saturated carbocycles. The zero-order chi connectivity index (χ0) is 16.4. The van der Waals surface area contributed by atoms with Gasteiger partial charge in [0.1, 0.15) is 11.6 Å². The maximum absolute atomic E-state index is 13.7. The van der Waals surface area contributed by atoms with Gasteiger partial charge in [0.15, 0.2) is 6.29 Å². The molecule has 0 radical (unpaired) electrons. The maximum Gasteiger partial charge on any atom is 0.184 e. The van der Waals surface area contributed by atoms with E-state index in [0.717, 1.165) is 12.8 Å². The molecular formula is C18H22F2O3. The van der Waals surface area contributed by atoms with Crippen molar-refractivity contribution in [3.05, 3.63) is 47.5 Å². The van der Waals surface area contributed by atoms with Crippen molar-refractivity contribution in [2.24, 2.45) is 11.8 Å². The third-order valence-corrected chi connectivity index (χ3v) is 4.70. The number of halogens is 2. The molecule has 0 spiro atoms. The molecule has 2 aliphatic rings. The largest absolute Gasteiger partial charge is 0.377 e. The Labute approximate surface area is 135 Å². The van der Waals surface area contributed by atoms with Crippen molar-refractivity contribution < 1.29 is 23.0 Å². The molecule has 2 heterocycles. The van der Waals surface area contributed by atoms with Crippen molar-refractivity contribution in [2.75, 3.05) is 19.8 Å². The minimum Gasteiger partial charge on any atom is -0.377 e. The molecule has 2 aliphatic heterocycles. The molecule has 3 rings (SSSR count). The van der Waals surface area contributed by atoms with Crippen LogP contribution in [0.25, 0.3) is 0 Å². The van der Waals surface area contributed by atoms with E-state index in [1.54, 1.807) is 0 Å². The molecule has 0 amide bonds. The molecule has 0 N–H and O–H groups in total. The van der Waals surface area contributed by atoms with Gasteiger partial charge in [-0.3, -0.25) is 0 Å². The summed E-state index contributed by atoms with van der Waals surface area (Å²) in [5.41, 5.74) is 0.384. The van der Waals surface area contributed by atoms with E-state index in [2.05, 4.69) is 6.58 Å². The van der Waals surface area contributed by atoms with Gasteiger partial charge in [-0.2, -0.15) is 0 Å². The predicted octanol–water partition coefficient (Wildman–Crippen LogP) is 3.92. The number of hydrogen-bond donors (Lipinski definition) is 0. The first-order valence-corrected chi connectivity index (χ1v) is 8.01. The average molecular weight is 324 g/mol. The number of hydrogen-bond acceptors (Lipinski definition) is 3. The smallest absolute Gasteiger partial charge is 0.184 e. The van der Waals surface area contributed by atoms with Gasteiger partial charge in [0.05, 0.1) is 25.9 Å². The molecule has 2 fully saturated rings. The minimum absolute atomic E-state index is 0.00909. The fourth-order valence-electron chi connectivity index (χ4n) is 3.08. The van der Waals surface area contributed by atoms with Gasteiger partial charge >= 0.3 is 0 Å². The third-order valence-electron chi connectivity index (χ3n) is 4.70. The van der Waals surface area contributed by atoms with Crippen LogP contribution >= 0.6 is 0 Å². The molecule has 1 aromatic rings. The number of rotatable bonds is 3.